The molecule has 5 nitrogen and oxygen atoms in total. The Hall–Kier alpha value is -3.03. The fourth-order valence-corrected chi connectivity index (χ4v) is 2.65. The zero-order valence-electron chi connectivity index (χ0n) is 14.1. The van der Waals surface area contributed by atoms with Gasteiger partial charge in [-0.2, -0.15) is 5.10 Å². The fraction of sp³-hybridized carbons (Fsp3) is 0.222. The summed E-state index contributed by atoms with van der Waals surface area (Å²) in [6.45, 7) is 0.195. The molecule has 3 rings (SSSR count). The van der Waals surface area contributed by atoms with Gasteiger partial charge in [-0.25, -0.2) is 18.2 Å². The van der Waals surface area contributed by atoms with E-state index in [0.29, 0.717) is 35.3 Å². The maximum Gasteiger partial charge on any atom is 0.277 e. The Kier molecular flexibility index (Phi) is 4.83. The van der Waals surface area contributed by atoms with Gasteiger partial charge in [0.1, 0.15) is 0 Å². The molecule has 0 bridgehead atoms. The zero-order valence-corrected chi connectivity index (χ0v) is 14.1. The van der Waals surface area contributed by atoms with Crippen molar-refractivity contribution in [1.29, 1.82) is 0 Å². The summed E-state index contributed by atoms with van der Waals surface area (Å²) in [5.74, 6) is -4.34. The highest BCUT2D eigenvalue weighted by atomic mass is 19.2. The summed E-state index contributed by atoms with van der Waals surface area (Å²) in [5, 5.41) is 5.21. The van der Waals surface area contributed by atoms with E-state index in [0.717, 1.165) is 11.1 Å². The molecular formula is C18H15F3N2O3. The number of rotatable bonds is 4. The highest BCUT2D eigenvalue weighted by Crippen LogP contribution is 2.29. The molecule has 1 aliphatic rings. The maximum atomic E-state index is 13.8. The Morgan fingerprint density at radius 2 is 1.77 bits per heavy atom. The van der Waals surface area contributed by atoms with Crippen molar-refractivity contribution in [2.45, 2.75) is 6.42 Å². The predicted molar refractivity (Wildman–Crippen MR) is 88.1 cm³/mol. The highest BCUT2D eigenvalue weighted by Gasteiger charge is 2.27. The molecular weight excluding hydrogens is 349 g/mol. The molecule has 2 aromatic rings. The van der Waals surface area contributed by atoms with Crippen molar-refractivity contribution in [3.8, 4) is 11.5 Å². The number of hydrazone groups is 1. The molecule has 1 amide bonds. The molecule has 0 N–H and O–H groups in total. The quantitative estimate of drug-likeness (QED) is 0.782. The van der Waals surface area contributed by atoms with Gasteiger partial charge >= 0.3 is 0 Å². The van der Waals surface area contributed by atoms with Crippen molar-refractivity contribution >= 4 is 11.6 Å². The van der Waals surface area contributed by atoms with Gasteiger partial charge in [-0.1, -0.05) is 0 Å². The van der Waals surface area contributed by atoms with Gasteiger partial charge in [-0.15, -0.1) is 0 Å². The summed E-state index contributed by atoms with van der Waals surface area (Å²) in [6.07, 6.45) is 0.423. The van der Waals surface area contributed by atoms with Crippen LogP contribution in [0.15, 0.2) is 35.4 Å². The number of benzene rings is 2. The summed E-state index contributed by atoms with van der Waals surface area (Å²) in [7, 11) is 3.02. The van der Waals surface area contributed by atoms with Gasteiger partial charge in [0.25, 0.3) is 5.91 Å². The lowest BCUT2D eigenvalue weighted by molar-refractivity contribution is 0.0772. The topological polar surface area (TPSA) is 51.1 Å². The molecule has 0 atom stereocenters. The van der Waals surface area contributed by atoms with E-state index in [2.05, 4.69) is 5.10 Å². The fourth-order valence-electron chi connectivity index (χ4n) is 2.65. The molecule has 0 saturated heterocycles. The smallest absolute Gasteiger partial charge is 0.277 e. The number of hydrogen-bond donors (Lipinski definition) is 0. The minimum atomic E-state index is -1.68. The van der Waals surface area contributed by atoms with Crippen LogP contribution >= 0.6 is 0 Å². The number of ether oxygens (including phenoxy) is 2. The number of methoxy groups -OCH3 is 2. The van der Waals surface area contributed by atoms with Crippen molar-refractivity contribution in [2.24, 2.45) is 5.10 Å². The second kappa shape index (κ2) is 7.07. The summed E-state index contributed by atoms with van der Waals surface area (Å²) < 4.78 is 50.6. The third kappa shape index (κ3) is 3.10. The first-order valence-corrected chi connectivity index (χ1v) is 7.71. The van der Waals surface area contributed by atoms with Crippen LogP contribution in [-0.4, -0.2) is 37.4 Å². The number of hydrogen-bond acceptors (Lipinski definition) is 4. The number of carbonyl (C=O) groups is 1. The minimum absolute atomic E-state index is 0.195. The van der Waals surface area contributed by atoms with E-state index in [1.807, 2.05) is 0 Å². The lowest BCUT2D eigenvalue weighted by Gasteiger charge is -2.12. The van der Waals surface area contributed by atoms with Gasteiger partial charge < -0.3 is 9.47 Å². The van der Waals surface area contributed by atoms with Crippen LogP contribution in [0.4, 0.5) is 13.2 Å². The Bertz CT molecular complexity index is 899. The molecule has 1 heterocycles. The average Bonchev–Trinajstić information content (AvgIpc) is 3.15. The first kappa shape index (κ1) is 17.8. The van der Waals surface area contributed by atoms with Gasteiger partial charge in [0.15, 0.2) is 29.0 Å². The molecule has 1 aliphatic heterocycles. The number of amides is 1. The van der Waals surface area contributed by atoms with E-state index in [1.165, 1.54) is 14.2 Å². The molecule has 136 valence electrons. The van der Waals surface area contributed by atoms with E-state index in [9.17, 15) is 18.0 Å². The molecule has 0 saturated carbocycles. The summed E-state index contributed by atoms with van der Waals surface area (Å²) in [4.78, 5) is 12.4. The zero-order chi connectivity index (χ0) is 18.8. The summed E-state index contributed by atoms with van der Waals surface area (Å²) in [6, 6.07) is 6.78. The Morgan fingerprint density at radius 1 is 1.04 bits per heavy atom. The molecule has 0 aromatic heterocycles. The van der Waals surface area contributed by atoms with E-state index in [-0.39, 0.29) is 6.54 Å². The second-order valence-electron chi connectivity index (χ2n) is 5.52. The molecule has 0 spiro atoms. The van der Waals surface area contributed by atoms with Crippen LogP contribution in [0.1, 0.15) is 22.3 Å². The molecule has 8 heteroatoms. The summed E-state index contributed by atoms with van der Waals surface area (Å²) >= 11 is 0. The van der Waals surface area contributed by atoms with Crippen molar-refractivity contribution < 1.29 is 27.4 Å². The first-order chi connectivity index (χ1) is 12.5. The molecule has 0 aliphatic carbocycles. The largest absolute Gasteiger partial charge is 0.493 e. The number of carbonyl (C=O) groups excluding carboxylic acids is 1. The predicted octanol–water partition coefficient (Wildman–Crippen LogP) is 3.37. The summed E-state index contributed by atoms with van der Waals surface area (Å²) in [5.41, 5.74) is 0.729. The van der Waals surface area contributed by atoms with Crippen molar-refractivity contribution in [3.63, 3.8) is 0 Å². The van der Waals surface area contributed by atoms with E-state index in [1.54, 1.807) is 18.2 Å². The van der Waals surface area contributed by atoms with E-state index >= 15 is 0 Å². The number of halogens is 3. The standard InChI is InChI=1S/C18H15F3N2O3/c1-25-14-6-3-10(9-15(14)26-2)13-7-8-23(22-13)18(24)11-4-5-12(19)17(21)16(11)20/h3-6,9H,7-8H2,1-2H3. The number of nitrogens with zero attached hydrogens (tertiary/aromatic N) is 2. The molecule has 0 radical (unpaired) electrons. The Balaban J connectivity index is 1.88. The first-order valence-electron chi connectivity index (χ1n) is 7.71. The van der Waals surface area contributed by atoms with Crippen LogP contribution in [0.2, 0.25) is 0 Å². The van der Waals surface area contributed by atoms with Crippen LogP contribution in [0.5, 0.6) is 11.5 Å². The highest BCUT2D eigenvalue weighted by molar-refractivity contribution is 6.04. The van der Waals surface area contributed by atoms with Gasteiger partial charge in [0.2, 0.25) is 0 Å². The normalized spacial score (nSPS) is 13.6. The van der Waals surface area contributed by atoms with Crippen LogP contribution < -0.4 is 9.47 Å². The second-order valence-corrected chi connectivity index (χ2v) is 5.52. The third-order valence-corrected chi connectivity index (χ3v) is 4.02. The lowest BCUT2D eigenvalue weighted by Crippen LogP contribution is -2.25. The third-order valence-electron chi connectivity index (χ3n) is 4.02. The van der Waals surface area contributed by atoms with Gasteiger partial charge in [-0.05, 0) is 30.3 Å². The Morgan fingerprint density at radius 3 is 2.46 bits per heavy atom. The van der Waals surface area contributed by atoms with Crippen LogP contribution in [-0.2, 0) is 0 Å². The SMILES string of the molecule is COc1ccc(C2=NN(C(=O)c3ccc(F)c(F)c3F)CC2)cc1OC. The van der Waals surface area contributed by atoms with Gasteiger partial charge in [0.05, 0.1) is 32.0 Å². The van der Waals surface area contributed by atoms with Crippen molar-refractivity contribution in [1.82, 2.24) is 5.01 Å². The van der Waals surface area contributed by atoms with Crippen molar-refractivity contribution in [3.05, 3.63) is 58.9 Å². The van der Waals surface area contributed by atoms with Crippen LogP contribution in [0.3, 0.4) is 0 Å². The van der Waals surface area contributed by atoms with Gasteiger partial charge in [0, 0.05) is 12.0 Å². The Labute approximate surface area is 147 Å². The van der Waals surface area contributed by atoms with Gasteiger partial charge in [-0.3, -0.25) is 4.79 Å². The minimum Gasteiger partial charge on any atom is -0.493 e. The van der Waals surface area contributed by atoms with Crippen molar-refractivity contribution in [2.75, 3.05) is 20.8 Å². The van der Waals surface area contributed by atoms with E-state index < -0.39 is 28.9 Å². The van der Waals surface area contributed by atoms with Crippen LogP contribution in [0.25, 0.3) is 0 Å². The monoisotopic (exact) mass is 364 g/mol. The van der Waals surface area contributed by atoms with Crippen LogP contribution in [0, 0.1) is 17.5 Å². The molecule has 26 heavy (non-hydrogen) atoms. The lowest BCUT2D eigenvalue weighted by atomic mass is 10.1. The maximum absolute atomic E-state index is 13.8. The van der Waals surface area contributed by atoms with E-state index in [4.69, 9.17) is 9.47 Å². The molecule has 2 aromatic carbocycles. The molecule has 0 fully saturated rings. The molecule has 0 unspecified atom stereocenters. The average molecular weight is 364 g/mol.